The number of ether oxygens (including phenoxy) is 1. The van der Waals surface area contributed by atoms with E-state index in [9.17, 15) is 9.59 Å². The summed E-state index contributed by atoms with van der Waals surface area (Å²) in [5.41, 5.74) is 2.63. The average Bonchev–Trinajstić information content (AvgIpc) is 2.77. The molecule has 2 amide bonds. The summed E-state index contributed by atoms with van der Waals surface area (Å²) in [5.74, 6) is 0.298. The van der Waals surface area contributed by atoms with Crippen LogP contribution in [0.15, 0.2) is 78.9 Å². The van der Waals surface area contributed by atoms with Gasteiger partial charge >= 0.3 is 0 Å². The van der Waals surface area contributed by atoms with Crippen LogP contribution < -0.4 is 10.1 Å². The van der Waals surface area contributed by atoms with Crippen molar-refractivity contribution in [1.82, 2.24) is 4.90 Å². The van der Waals surface area contributed by atoms with Gasteiger partial charge in [0, 0.05) is 24.2 Å². The van der Waals surface area contributed by atoms with Crippen LogP contribution in [-0.4, -0.2) is 23.3 Å². The molecule has 1 atom stereocenters. The van der Waals surface area contributed by atoms with E-state index in [-0.39, 0.29) is 24.5 Å². The van der Waals surface area contributed by atoms with Crippen molar-refractivity contribution in [2.45, 2.75) is 26.4 Å². The second-order valence-corrected chi connectivity index (χ2v) is 7.67. The number of hydrogen-bond donors (Lipinski definition) is 1. The van der Waals surface area contributed by atoms with Crippen molar-refractivity contribution in [2.75, 3.05) is 11.9 Å². The van der Waals surface area contributed by atoms with Crippen LogP contribution in [0, 0.1) is 0 Å². The molecule has 0 saturated heterocycles. The fourth-order valence-electron chi connectivity index (χ4n) is 3.24. The van der Waals surface area contributed by atoms with E-state index in [0.29, 0.717) is 23.0 Å². The monoisotopic (exact) mass is 436 g/mol. The zero-order valence-electron chi connectivity index (χ0n) is 17.5. The summed E-state index contributed by atoms with van der Waals surface area (Å²) >= 11 is 5.91. The molecule has 31 heavy (non-hydrogen) atoms. The smallest absolute Gasteiger partial charge is 0.261 e. The number of carbonyl (C=O) groups is 2. The number of nitrogens with zero attached hydrogens (tertiary/aromatic N) is 1. The van der Waals surface area contributed by atoms with E-state index >= 15 is 0 Å². The summed E-state index contributed by atoms with van der Waals surface area (Å²) in [5, 5.41) is 3.40. The van der Waals surface area contributed by atoms with Gasteiger partial charge in [-0.05, 0) is 54.4 Å². The highest BCUT2D eigenvalue weighted by Crippen LogP contribution is 2.25. The fourth-order valence-corrected chi connectivity index (χ4v) is 3.37. The van der Waals surface area contributed by atoms with Gasteiger partial charge in [-0.25, -0.2) is 0 Å². The van der Waals surface area contributed by atoms with E-state index in [1.54, 1.807) is 29.2 Å². The third-order valence-corrected chi connectivity index (χ3v) is 5.10. The Hall–Kier alpha value is -3.31. The number of amides is 2. The van der Waals surface area contributed by atoms with E-state index in [0.717, 1.165) is 11.1 Å². The van der Waals surface area contributed by atoms with E-state index in [4.69, 9.17) is 16.3 Å². The Labute approximate surface area is 187 Å². The van der Waals surface area contributed by atoms with Crippen molar-refractivity contribution in [2.24, 2.45) is 0 Å². The largest absolute Gasteiger partial charge is 0.484 e. The lowest BCUT2D eigenvalue weighted by Gasteiger charge is -2.30. The normalized spacial score (nSPS) is 11.5. The lowest BCUT2D eigenvalue weighted by atomic mass is 10.0. The molecule has 0 heterocycles. The van der Waals surface area contributed by atoms with Crippen LogP contribution in [0.1, 0.15) is 31.0 Å². The fraction of sp³-hybridized carbons (Fsp3) is 0.200. The van der Waals surface area contributed by atoms with Crippen molar-refractivity contribution < 1.29 is 14.3 Å². The van der Waals surface area contributed by atoms with Gasteiger partial charge in [-0.15, -0.1) is 0 Å². The molecule has 0 aliphatic rings. The summed E-state index contributed by atoms with van der Waals surface area (Å²) in [6.45, 7) is 3.78. The van der Waals surface area contributed by atoms with Crippen LogP contribution in [0.5, 0.6) is 5.75 Å². The van der Waals surface area contributed by atoms with Crippen molar-refractivity contribution in [1.29, 1.82) is 0 Å². The molecule has 0 aliphatic carbocycles. The molecule has 0 saturated carbocycles. The highest BCUT2D eigenvalue weighted by atomic mass is 35.5. The van der Waals surface area contributed by atoms with Crippen LogP contribution in [-0.2, 0) is 16.1 Å². The van der Waals surface area contributed by atoms with E-state index in [2.05, 4.69) is 5.32 Å². The van der Waals surface area contributed by atoms with Crippen LogP contribution in [0.25, 0.3) is 0 Å². The molecule has 0 bridgehead atoms. The molecule has 0 spiro atoms. The molecule has 3 aromatic rings. The van der Waals surface area contributed by atoms with Gasteiger partial charge in [0.15, 0.2) is 6.61 Å². The van der Waals surface area contributed by atoms with Gasteiger partial charge in [-0.2, -0.15) is 0 Å². The van der Waals surface area contributed by atoms with Gasteiger partial charge in [-0.1, -0.05) is 54.1 Å². The summed E-state index contributed by atoms with van der Waals surface area (Å²) < 4.78 is 5.70. The second kappa shape index (κ2) is 10.6. The number of hydrogen-bond acceptors (Lipinski definition) is 3. The maximum atomic E-state index is 13.2. The Bertz CT molecular complexity index is 1020. The summed E-state index contributed by atoms with van der Waals surface area (Å²) in [6, 6.07) is 24.0. The minimum absolute atomic E-state index is 0.0931. The van der Waals surface area contributed by atoms with Crippen LogP contribution in [0.2, 0.25) is 5.02 Å². The Kier molecular flexibility index (Phi) is 7.68. The molecule has 1 unspecified atom stereocenters. The Balaban J connectivity index is 1.80. The number of carbonyl (C=O) groups excluding carboxylic acids is 2. The van der Waals surface area contributed by atoms with Gasteiger partial charge in [0.1, 0.15) is 5.75 Å². The van der Waals surface area contributed by atoms with Crippen LogP contribution in [0.4, 0.5) is 5.69 Å². The quantitative estimate of drug-likeness (QED) is 0.509. The predicted molar refractivity (Wildman–Crippen MR) is 123 cm³/mol. The van der Waals surface area contributed by atoms with Crippen LogP contribution in [0.3, 0.4) is 0 Å². The minimum Gasteiger partial charge on any atom is -0.484 e. The lowest BCUT2D eigenvalue weighted by Crippen LogP contribution is -2.36. The average molecular weight is 437 g/mol. The number of benzene rings is 3. The summed E-state index contributed by atoms with van der Waals surface area (Å²) in [6.07, 6.45) is 0. The number of anilines is 1. The van der Waals surface area contributed by atoms with Gasteiger partial charge in [0.2, 0.25) is 5.91 Å². The first-order valence-electron chi connectivity index (χ1n) is 10.0. The Morgan fingerprint density at radius 1 is 1.00 bits per heavy atom. The highest BCUT2D eigenvalue weighted by molar-refractivity contribution is 6.30. The minimum atomic E-state index is -0.227. The third kappa shape index (κ3) is 6.59. The number of rotatable bonds is 8. The molecule has 160 valence electrons. The number of nitrogens with one attached hydrogen (secondary N) is 1. The molecule has 6 heteroatoms. The molecule has 3 aromatic carbocycles. The molecule has 3 rings (SSSR count). The number of halogens is 1. The van der Waals surface area contributed by atoms with Gasteiger partial charge in [0.25, 0.3) is 5.91 Å². The molecular formula is C25H25ClN2O3. The van der Waals surface area contributed by atoms with E-state index in [1.807, 2.05) is 61.5 Å². The Morgan fingerprint density at radius 2 is 1.71 bits per heavy atom. The lowest BCUT2D eigenvalue weighted by molar-refractivity contribution is -0.136. The summed E-state index contributed by atoms with van der Waals surface area (Å²) in [4.78, 5) is 26.4. The molecule has 0 aliphatic heterocycles. The molecule has 0 aromatic heterocycles. The first kappa shape index (κ1) is 22.4. The topological polar surface area (TPSA) is 58.6 Å². The first-order chi connectivity index (χ1) is 14.9. The van der Waals surface area contributed by atoms with Gasteiger partial charge in [0.05, 0.1) is 6.04 Å². The molecule has 0 radical (unpaired) electrons. The molecule has 0 fully saturated rings. The Morgan fingerprint density at radius 3 is 2.39 bits per heavy atom. The van der Waals surface area contributed by atoms with Crippen molar-refractivity contribution in [3.63, 3.8) is 0 Å². The SMILES string of the molecule is CC(=O)Nc1cccc(C(C)N(Cc2ccccc2)C(=O)COc2ccc(Cl)cc2)c1. The highest BCUT2D eigenvalue weighted by Gasteiger charge is 2.23. The standard InChI is InChI=1S/C25H25ClN2O3/c1-18(21-9-6-10-23(15-21)27-19(2)29)28(16-20-7-4-3-5-8-20)25(30)17-31-24-13-11-22(26)12-14-24/h3-15,18H,16-17H2,1-2H3,(H,27,29). The molecule has 1 N–H and O–H groups in total. The van der Waals surface area contributed by atoms with Crippen molar-refractivity contribution in [3.8, 4) is 5.75 Å². The second-order valence-electron chi connectivity index (χ2n) is 7.23. The molecule has 5 nitrogen and oxygen atoms in total. The van der Waals surface area contributed by atoms with Gasteiger partial charge < -0.3 is 15.0 Å². The van der Waals surface area contributed by atoms with E-state index < -0.39 is 0 Å². The van der Waals surface area contributed by atoms with Crippen molar-refractivity contribution in [3.05, 3.63) is 95.0 Å². The molecular weight excluding hydrogens is 412 g/mol. The maximum absolute atomic E-state index is 13.2. The maximum Gasteiger partial charge on any atom is 0.261 e. The van der Waals surface area contributed by atoms with Gasteiger partial charge in [-0.3, -0.25) is 9.59 Å². The predicted octanol–water partition coefficient (Wildman–Crippen LogP) is 5.47. The van der Waals surface area contributed by atoms with Crippen LogP contribution >= 0.6 is 11.6 Å². The third-order valence-electron chi connectivity index (χ3n) is 4.85. The van der Waals surface area contributed by atoms with E-state index in [1.165, 1.54) is 6.92 Å². The summed E-state index contributed by atoms with van der Waals surface area (Å²) in [7, 11) is 0. The zero-order chi connectivity index (χ0) is 22.2. The first-order valence-corrected chi connectivity index (χ1v) is 10.4. The zero-order valence-corrected chi connectivity index (χ0v) is 18.3. The van der Waals surface area contributed by atoms with Crippen molar-refractivity contribution >= 4 is 29.1 Å².